The van der Waals surface area contributed by atoms with Crippen LogP contribution in [0.5, 0.6) is 0 Å². The van der Waals surface area contributed by atoms with E-state index in [1.54, 1.807) is 19.1 Å². The Morgan fingerprint density at radius 3 is 2.48 bits per heavy atom. The zero-order valence-electron chi connectivity index (χ0n) is 17.3. The first-order valence-corrected chi connectivity index (χ1v) is 9.88. The second-order valence-corrected chi connectivity index (χ2v) is 7.13. The minimum absolute atomic E-state index is 0. The van der Waals surface area contributed by atoms with Gasteiger partial charge in [0, 0.05) is 44.8 Å². The van der Waals surface area contributed by atoms with Crippen molar-refractivity contribution in [3.05, 3.63) is 35.9 Å². The van der Waals surface area contributed by atoms with E-state index in [0.717, 1.165) is 13.1 Å². The Balaban J connectivity index is 0.00000420. The summed E-state index contributed by atoms with van der Waals surface area (Å²) < 4.78 is 5.34. The number of hydrogen-bond acceptors (Lipinski definition) is 5. The molecule has 2 rings (SSSR count). The highest BCUT2D eigenvalue weighted by atomic mass is 127. The lowest BCUT2D eigenvalue weighted by Crippen LogP contribution is -2.48. The molecule has 1 heterocycles. The van der Waals surface area contributed by atoms with Crippen molar-refractivity contribution in [1.29, 1.82) is 0 Å². The van der Waals surface area contributed by atoms with Crippen LogP contribution in [-0.4, -0.2) is 86.5 Å². The summed E-state index contributed by atoms with van der Waals surface area (Å²) in [6.45, 7) is 9.44. The van der Waals surface area contributed by atoms with Crippen LogP contribution in [0, 0.1) is 0 Å². The van der Waals surface area contributed by atoms with Crippen molar-refractivity contribution in [2.24, 2.45) is 4.99 Å². The van der Waals surface area contributed by atoms with Gasteiger partial charge in [0.25, 0.3) is 5.91 Å². The molecular formula is C20H34IN5O3. The molecule has 1 atom stereocenters. The molecule has 1 unspecified atom stereocenters. The first-order chi connectivity index (χ1) is 13.5. The zero-order chi connectivity index (χ0) is 20.2. The van der Waals surface area contributed by atoms with Gasteiger partial charge in [-0.2, -0.15) is 0 Å². The maximum absolute atomic E-state index is 12.0. The molecule has 164 valence electrons. The fourth-order valence-electron chi connectivity index (χ4n) is 2.93. The highest BCUT2D eigenvalue weighted by Gasteiger charge is 2.25. The first kappa shape index (κ1) is 25.6. The van der Waals surface area contributed by atoms with Gasteiger partial charge in [0.2, 0.25) is 0 Å². The maximum Gasteiger partial charge on any atom is 0.251 e. The molecule has 0 radical (unpaired) electrons. The van der Waals surface area contributed by atoms with Gasteiger partial charge in [-0.15, -0.1) is 24.0 Å². The van der Waals surface area contributed by atoms with E-state index in [4.69, 9.17) is 4.74 Å². The number of halogens is 1. The van der Waals surface area contributed by atoms with Gasteiger partial charge < -0.3 is 25.8 Å². The summed E-state index contributed by atoms with van der Waals surface area (Å²) in [5, 5.41) is 19.9. The van der Waals surface area contributed by atoms with E-state index in [2.05, 4.69) is 25.8 Å². The van der Waals surface area contributed by atoms with Crippen LogP contribution >= 0.6 is 24.0 Å². The molecule has 1 saturated heterocycles. The number of guanidine groups is 1. The van der Waals surface area contributed by atoms with Crippen molar-refractivity contribution in [3.63, 3.8) is 0 Å². The number of morpholine rings is 1. The SMILES string of the molecule is CCNC(=NCC(C)(O)CN1CCOCC1)NCCNC(=O)c1ccccc1.I. The van der Waals surface area contributed by atoms with Gasteiger partial charge in [-0.25, -0.2) is 0 Å². The number of carbonyl (C=O) groups is 1. The number of nitrogens with one attached hydrogen (secondary N) is 3. The second kappa shape index (κ2) is 13.7. The number of β-amino-alcohol motifs (C(OH)–C–C–N with tert-alkyl or cyclic N) is 1. The molecule has 1 aliphatic heterocycles. The molecule has 1 aromatic carbocycles. The van der Waals surface area contributed by atoms with Crippen LogP contribution in [0.15, 0.2) is 35.3 Å². The quantitative estimate of drug-likeness (QED) is 0.166. The van der Waals surface area contributed by atoms with Gasteiger partial charge in [-0.1, -0.05) is 18.2 Å². The number of carbonyl (C=O) groups excluding carboxylic acids is 1. The first-order valence-electron chi connectivity index (χ1n) is 9.88. The van der Waals surface area contributed by atoms with Gasteiger partial charge >= 0.3 is 0 Å². The number of aliphatic imine (C=N–C) groups is 1. The monoisotopic (exact) mass is 519 g/mol. The molecule has 0 aromatic heterocycles. The predicted octanol–water partition coefficient (Wildman–Crippen LogP) is 0.673. The van der Waals surface area contributed by atoms with Crippen LogP contribution in [0.2, 0.25) is 0 Å². The summed E-state index contributed by atoms with van der Waals surface area (Å²) in [6, 6.07) is 9.12. The molecule has 1 amide bonds. The number of amides is 1. The molecule has 29 heavy (non-hydrogen) atoms. The van der Waals surface area contributed by atoms with Crippen LogP contribution in [0.4, 0.5) is 0 Å². The third-order valence-corrected chi connectivity index (χ3v) is 4.33. The molecule has 1 fully saturated rings. The van der Waals surface area contributed by atoms with E-state index in [9.17, 15) is 9.90 Å². The topological polar surface area (TPSA) is 98.2 Å². The third kappa shape index (κ3) is 10.2. The molecule has 0 aliphatic carbocycles. The Morgan fingerprint density at radius 1 is 1.17 bits per heavy atom. The number of nitrogens with zero attached hydrogens (tertiary/aromatic N) is 2. The lowest BCUT2D eigenvalue weighted by Gasteiger charge is -2.33. The van der Waals surface area contributed by atoms with Crippen LogP contribution in [-0.2, 0) is 4.74 Å². The van der Waals surface area contributed by atoms with Crippen LogP contribution in [0.3, 0.4) is 0 Å². The molecule has 0 spiro atoms. The maximum atomic E-state index is 12.0. The van der Waals surface area contributed by atoms with E-state index in [0.29, 0.717) is 50.9 Å². The summed E-state index contributed by atoms with van der Waals surface area (Å²) in [4.78, 5) is 18.7. The van der Waals surface area contributed by atoms with Crippen molar-refractivity contribution in [2.75, 3.05) is 59.0 Å². The third-order valence-electron chi connectivity index (χ3n) is 4.33. The minimum atomic E-state index is -0.915. The molecule has 0 saturated carbocycles. The minimum Gasteiger partial charge on any atom is -0.387 e. The number of aliphatic hydroxyl groups is 1. The van der Waals surface area contributed by atoms with Gasteiger partial charge in [0.15, 0.2) is 5.96 Å². The molecule has 4 N–H and O–H groups in total. The van der Waals surface area contributed by atoms with Gasteiger partial charge in [-0.05, 0) is 26.0 Å². The molecule has 8 nitrogen and oxygen atoms in total. The van der Waals surface area contributed by atoms with Crippen LogP contribution in [0.25, 0.3) is 0 Å². The lowest BCUT2D eigenvalue weighted by atomic mass is 10.1. The number of benzene rings is 1. The predicted molar refractivity (Wildman–Crippen MR) is 126 cm³/mol. The highest BCUT2D eigenvalue weighted by Crippen LogP contribution is 2.09. The van der Waals surface area contributed by atoms with Gasteiger partial charge in [0.05, 0.1) is 25.4 Å². The summed E-state index contributed by atoms with van der Waals surface area (Å²) in [5.74, 6) is 0.525. The molecule has 9 heteroatoms. The fourth-order valence-corrected chi connectivity index (χ4v) is 2.93. The van der Waals surface area contributed by atoms with Gasteiger partial charge in [-0.3, -0.25) is 14.7 Å². The highest BCUT2D eigenvalue weighted by molar-refractivity contribution is 14.0. The second-order valence-electron chi connectivity index (χ2n) is 7.13. The zero-order valence-corrected chi connectivity index (χ0v) is 19.6. The normalized spacial score (nSPS) is 17.0. The molecule has 1 aromatic rings. The average molecular weight is 519 g/mol. The molecule has 1 aliphatic rings. The Kier molecular flexibility index (Phi) is 12.1. The van der Waals surface area contributed by atoms with Crippen molar-refractivity contribution in [2.45, 2.75) is 19.4 Å². The number of hydrogen-bond donors (Lipinski definition) is 4. The molecule has 0 bridgehead atoms. The van der Waals surface area contributed by atoms with E-state index in [-0.39, 0.29) is 36.4 Å². The van der Waals surface area contributed by atoms with E-state index in [1.165, 1.54) is 0 Å². The van der Waals surface area contributed by atoms with E-state index in [1.807, 2.05) is 25.1 Å². The molecular weight excluding hydrogens is 485 g/mol. The largest absolute Gasteiger partial charge is 0.387 e. The Morgan fingerprint density at radius 2 is 1.83 bits per heavy atom. The fraction of sp³-hybridized carbons (Fsp3) is 0.600. The van der Waals surface area contributed by atoms with Gasteiger partial charge in [0.1, 0.15) is 0 Å². The van der Waals surface area contributed by atoms with E-state index >= 15 is 0 Å². The summed E-state index contributed by atoms with van der Waals surface area (Å²) >= 11 is 0. The summed E-state index contributed by atoms with van der Waals surface area (Å²) in [6.07, 6.45) is 0. The Bertz CT molecular complexity index is 622. The van der Waals surface area contributed by atoms with E-state index < -0.39 is 5.60 Å². The van der Waals surface area contributed by atoms with Crippen LogP contribution in [0.1, 0.15) is 24.2 Å². The Labute approximate surface area is 190 Å². The summed E-state index contributed by atoms with van der Waals surface area (Å²) in [7, 11) is 0. The number of ether oxygens (including phenoxy) is 1. The van der Waals surface area contributed by atoms with Crippen molar-refractivity contribution >= 4 is 35.8 Å². The van der Waals surface area contributed by atoms with Crippen molar-refractivity contribution < 1.29 is 14.6 Å². The summed E-state index contributed by atoms with van der Waals surface area (Å²) in [5.41, 5.74) is -0.275. The van der Waals surface area contributed by atoms with Crippen molar-refractivity contribution in [1.82, 2.24) is 20.9 Å². The Hall–Kier alpha value is -1.43. The van der Waals surface area contributed by atoms with Crippen LogP contribution < -0.4 is 16.0 Å². The average Bonchev–Trinajstić information content (AvgIpc) is 2.70. The smallest absolute Gasteiger partial charge is 0.251 e. The van der Waals surface area contributed by atoms with Crippen molar-refractivity contribution in [3.8, 4) is 0 Å². The number of rotatable bonds is 9. The standard InChI is InChI=1S/C20H33N5O3.HI/c1-3-21-19(23-10-9-22-18(26)17-7-5-4-6-8-17)24-15-20(2,27)16-25-11-13-28-14-12-25;/h4-8,27H,3,9-16H2,1-2H3,(H,22,26)(H2,21,23,24);1H. The lowest BCUT2D eigenvalue weighted by molar-refractivity contribution is -0.0180.